The zero-order valence-electron chi connectivity index (χ0n) is 18.9. The zero-order valence-corrected chi connectivity index (χ0v) is 18.9. The van der Waals surface area contributed by atoms with Crippen LogP contribution in [0.25, 0.3) is 6.08 Å². The molecule has 1 heterocycles. The van der Waals surface area contributed by atoms with E-state index in [1.165, 1.54) is 19.3 Å². The second-order valence-electron chi connectivity index (χ2n) is 7.70. The van der Waals surface area contributed by atoms with Crippen LogP contribution in [0.1, 0.15) is 11.1 Å². The van der Waals surface area contributed by atoms with Gasteiger partial charge in [-0.05, 0) is 49.0 Å². The molecule has 10 heteroatoms. The quantitative estimate of drug-likeness (QED) is 0.611. The first kappa shape index (κ1) is 24.9. The lowest BCUT2D eigenvalue weighted by atomic mass is 10.1. The normalized spacial score (nSPS) is 14.6. The van der Waals surface area contributed by atoms with E-state index < -0.39 is 17.6 Å². The van der Waals surface area contributed by atoms with Crippen molar-refractivity contribution in [1.29, 1.82) is 5.26 Å². The minimum atomic E-state index is -4.62. The van der Waals surface area contributed by atoms with Crippen molar-refractivity contribution in [2.75, 3.05) is 57.2 Å². The highest BCUT2D eigenvalue weighted by molar-refractivity contribution is 6.02. The van der Waals surface area contributed by atoms with Crippen LogP contribution in [-0.2, 0) is 11.0 Å². The maximum atomic E-state index is 13.7. The maximum absolute atomic E-state index is 13.7. The van der Waals surface area contributed by atoms with Crippen molar-refractivity contribution in [2.24, 2.45) is 0 Å². The predicted molar refractivity (Wildman–Crippen MR) is 123 cm³/mol. The Kier molecular flexibility index (Phi) is 8.02. The average Bonchev–Trinajstić information content (AvgIpc) is 2.81. The molecule has 2 aromatic rings. The Balaban J connectivity index is 1.75. The van der Waals surface area contributed by atoms with E-state index in [1.54, 1.807) is 24.3 Å². The number of anilines is 2. The topological polar surface area (TPSA) is 77.8 Å². The van der Waals surface area contributed by atoms with Gasteiger partial charge in [0.1, 0.15) is 6.07 Å². The van der Waals surface area contributed by atoms with Gasteiger partial charge in [-0.25, -0.2) is 0 Å². The molecule has 180 valence electrons. The first-order valence-corrected chi connectivity index (χ1v) is 10.5. The van der Waals surface area contributed by atoms with E-state index >= 15 is 0 Å². The van der Waals surface area contributed by atoms with Gasteiger partial charge in [0.15, 0.2) is 18.1 Å². The van der Waals surface area contributed by atoms with Crippen LogP contribution < -0.4 is 19.7 Å². The number of benzene rings is 2. The van der Waals surface area contributed by atoms with Gasteiger partial charge in [-0.2, -0.15) is 18.4 Å². The molecular formula is C24H25F3N4O3. The molecular weight excluding hydrogens is 449 g/mol. The molecule has 2 aromatic carbocycles. The van der Waals surface area contributed by atoms with Crippen LogP contribution in [0.4, 0.5) is 24.5 Å². The van der Waals surface area contributed by atoms with E-state index in [0.717, 1.165) is 25.2 Å². The number of hydrogen-bond donors (Lipinski definition) is 1. The molecule has 1 amide bonds. The van der Waals surface area contributed by atoms with Crippen LogP contribution in [0.15, 0.2) is 42.5 Å². The van der Waals surface area contributed by atoms with Crippen LogP contribution in [0.2, 0.25) is 0 Å². The van der Waals surface area contributed by atoms with Crippen molar-refractivity contribution < 1.29 is 27.4 Å². The number of rotatable bonds is 7. The number of nitrogens with zero attached hydrogens (tertiary/aromatic N) is 3. The molecule has 1 saturated heterocycles. The molecule has 0 bridgehead atoms. The summed E-state index contributed by atoms with van der Waals surface area (Å²) in [5.74, 6) is 0.0131. The number of likely N-dealkylation sites (N-methyl/N-ethyl adjacent to an activating group) is 1. The van der Waals surface area contributed by atoms with Crippen molar-refractivity contribution in [3.63, 3.8) is 0 Å². The molecule has 0 unspecified atom stereocenters. The first-order valence-electron chi connectivity index (χ1n) is 10.5. The Morgan fingerprint density at radius 1 is 1.15 bits per heavy atom. The van der Waals surface area contributed by atoms with E-state index in [2.05, 4.69) is 10.2 Å². The highest BCUT2D eigenvalue weighted by Crippen LogP contribution is 2.37. The third-order valence-electron chi connectivity index (χ3n) is 5.34. The standard InChI is InChI=1S/C24H25F3N4O3/c1-30-10-12-31(13-11-30)18-5-6-20(19(16-18)24(25,26)27)29-23(32)8-4-17-3-7-21(34-14-9-28)22(15-17)33-2/h3-8,15-16H,10-14H2,1-2H3,(H,29,32)/b8-4+. The molecule has 0 saturated carbocycles. The molecule has 3 rings (SSSR count). The van der Waals surface area contributed by atoms with Crippen molar-refractivity contribution in [2.45, 2.75) is 6.18 Å². The number of nitriles is 1. The Morgan fingerprint density at radius 3 is 2.53 bits per heavy atom. The Hall–Kier alpha value is -3.71. The molecule has 1 fully saturated rings. The fraction of sp³-hybridized carbons (Fsp3) is 0.333. The SMILES string of the molecule is COc1cc(/C=C/C(=O)Nc2ccc(N3CCN(C)CC3)cc2C(F)(F)F)ccc1OCC#N. The molecule has 0 aromatic heterocycles. The van der Waals surface area contributed by atoms with Crippen molar-refractivity contribution in [3.05, 3.63) is 53.6 Å². The van der Waals surface area contributed by atoms with Gasteiger partial charge in [0.2, 0.25) is 5.91 Å². The number of nitrogens with one attached hydrogen (secondary N) is 1. The summed E-state index contributed by atoms with van der Waals surface area (Å²) in [6, 6.07) is 10.6. The molecule has 7 nitrogen and oxygen atoms in total. The average molecular weight is 474 g/mol. The van der Waals surface area contributed by atoms with E-state index in [9.17, 15) is 18.0 Å². The van der Waals surface area contributed by atoms with Gasteiger partial charge in [-0.15, -0.1) is 0 Å². The van der Waals surface area contributed by atoms with Gasteiger partial charge in [0.05, 0.1) is 18.4 Å². The number of alkyl halides is 3. The fourth-order valence-corrected chi connectivity index (χ4v) is 3.50. The van der Waals surface area contributed by atoms with E-state index in [4.69, 9.17) is 14.7 Å². The number of carbonyl (C=O) groups excluding carboxylic acids is 1. The van der Waals surface area contributed by atoms with Gasteiger partial charge < -0.3 is 24.6 Å². The molecule has 0 spiro atoms. The Labute approximate surface area is 196 Å². The Morgan fingerprint density at radius 2 is 1.88 bits per heavy atom. The van der Waals surface area contributed by atoms with E-state index in [0.29, 0.717) is 35.8 Å². The molecule has 1 N–H and O–H groups in total. The third-order valence-corrected chi connectivity index (χ3v) is 5.34. The summed E-state index contributed by atoms with van der Waals surface area (Å²) < 4.78 is 51.6. The highest BCUT2D eigenvalue weighted by atomic mass is 19.4. The van der Waals surface area contributed by atoms with Crippen LogP contribution in [0.3, 0.4) is 0 Å². The lowest BCUT2D eigenvalue weighted by Gasteiger charge is -2.34. The van der Waals surface area contributed by atoms with Crippen LogP contribution in [0.5, 0.6) is 11.5 Å². The molecule has 0 atom stereocenters. The minimum Gasteiger partial charge on any atom is -0.493 e. The van der Waals surface area contributed by atoms with E-state index in [-0.39, 0.29) is 12.3 Å². The lowest BCUT2D eigenvalue weighted by Crippen LogP contribution is -2.44. The predicted octanol–water partition coefficient (Wildman–Crippen LogP) is 4.02. The fourth-order valence-electron chi connectivity index (χ4n) is 3.50. The van der Waals surface area contributed by atoms with Crippen LogP contribution in [-0.4, -0.2) is 57.8 Å². The summed E-state index contributed by atoms with van der Waals surface area (Å²) in [5, 5.41) is 11.0. The number of hydrogen-bond acceptors (Lipinski definition) is 6. The summed E-state index contributed by atoms with van der Waals surface area (Å²) >= 11 is 0. The van der Waals surface area contributed by atoms with Gasteiger partial charge >= 0.3 is 6.18 Å². The lowest BCUT2D eigenvalue weighted by molar-refractivity contribution is -0.136. The van der Waals surface area contributed by atoms with Gasteiger partial charge in [-0.1, -0.05) is 6.07 Å². The first-order chi connectivity index (χ1) is 16.2. The zero-order chi connectivity index (χ0) is 24.7. The molecule has 1 aliphatic rings. The largest absolute Gasteiger partial charge is 0.493 e. The monoisotopic (exact) mass is 474 g/mol. The van der Waals surface area contributed by atoms with Crippen molar-refractivity contribution >= 4 is 23.4 Å². The number of halogens is 3. The summed E-state index contributed by atoms with van der Waals surface area (Å²) in [7, 11) is 3.40. The van der Waals surface area contributed by atoms with Crippen LogP contribution >= 0.6 is 0 Å². The summed E-state index contributed by atoms with van der Waals surface area (Å²) in [5.41, 5.74) is -0.165. The smallest absolute Gasteiger partial charge is 0.418 e. The summed E-state index contributed by atoms with van der Waals surface area (Å²) in [4.78, 5) is 16.4. The van der Waals surface area contributed by atoms with E-state index in [1.807, 2.05) is 18.0 Å². The maximum Gasteiger partial charge on any atom is 0.418 e. The number of piperazine rings is 1. The third kappa shape index (κ3) is 6.42. The van der Waals surface area contributed by atoms with Crippen LogP contribution in [0, 0.1) is 11.3 Å². The number of methoxy groups -OCH3 is 1. The molecule has 34 heavy (non-hydrogen) atoms. The molecule has 0 aliphatic carbocycles. The number of carbonyl (C=O) groups is 1. The second kappa shape index (κ2) is 10.9. The number of ether oxygens (including phenoxy) is 2. The van der Waals surface area contributed by atoms with Crippen molar-refractivity contribution in [3.8, 4) is 17.6 Å². The summed E-state index contributed by atoms with van der Waals surface area (Å²) in [6.45, 7) is 2.64. The highest BCUT2D eigenvalue weighted by Gasteiger charge is 2.34. The minimum absolute atomic E-state index is 0.150. The van der Waals surface area contributed by atoms with Gasteiger partial charge in [0, 0.05) is 37.9 Å². The second-order valence-corrected chi connectivity index (χ2v) is 7.70. The summed E-state index contributed by atoms with van der Waals surface area (Å²) in [6.07, 6.45) is -2.04. The Bertz CT molecular complexity index is 1090. The van der Waals surface area contributed by atoms with Gasteiger partial charge in [0.25, 0.3) is 0 Å². The van der Waals surface area contributed by atoms with Crippen molar-refractivity contribution in [1.82, 2.24) is 4.90 Å². The molecule has 0 radical (unpaired) electrons. The van der Waals surface area contributed by atoms with Gasteiger partial charge in [-0.3, -0.25) is 4.79 Å². The molecule has 1 aliphatic heterocycles. The number of amides is 1.